The monoisotopic (exact) mass is 449 g/mol. The third-order valence-corrected chi connectivity index (χ3v) is 5.52. The topological polar surface area (TPSA) is 89.5 Å². The third kappa shape index (κ3) is 6.39. The van der Waals surface area contributed by atoms with E-state index in [0.29, 0.717) is 15.6 Å². The molecule has 0 aromatic heterocycles. The molecule has 0 atom stereocenters. The first-order valence-corrected chi connectivity index (χ1v) is 10.5. The zero-order chi connectivity index (χ0) is 20.2. The number of anilines is 1. The molecule has 0 aliphatic rings. The van der Waals surface area contributed by atoms with Gasteiger partial charge in [0.2, 0.25) is 0 Å². The average Bonchev–Trinajstić information content (AvgIpc) is 2.57. The van der Waals surface area contributed by atoms with Crippen molar-refractivity contribution < 1.29 is 22.7 Å². The molecule has 0 radical (unpaired) electrons. The first kappa shape index (κ1) is 21.5. The summed E-state index contributed by atoms with van der Waals surface area (Å²) >= 11 is 17.6. The van der Waals surface area contributed by atoms with E-state index in [1.165, 1.54) is 24.3 Å². The fraction of sp³-hybridized carbons (Fsp3) is 0.176. The number of amides is 1. The number of hydrogen-bond donors (Lipinski definition) is 1. The summed E-state index contributed by atoms with van der Waals surface area (Å²) in [6.45, 7) is -0.556. The average molecular weight is 451 g/mol. The lowest BCUT2D eigenvalue weighted by atomic mass is 10.1. The van der Waals surface area contributed by atoms with Crippen molar-refractivity contribution in [3.63, 3.8) is 0 Å². The van der Waals surface area contributed by atoms with Gasteiger partial charge in [-0.1, -0.05) is 40.9 Å². The van der Waals surface area contributed by atoms with E-state index in [2.05, 4.69) is 5.32 Å². The summed E-state index contributed by atoms with van der Waals surface area (Å²) < 4.78 is 28.0. The van der Waals surface area contributed by atoms with Crippen molar-refractivity contribution in [3.8, 4) is 0 Å². The van der Waals surface area contributed by atoms with Crippen LogP contribution in [0.5, 0.6) is 0 Å². The number of sulfone groups is 1. The highest BCUT2D eigenvalue weighted by atomic mass is 35.5. The van der Waals surface area contributed by atoms with Gasteiger partial charge in [-0.25, -0.2) is 8.42 Å². The van der Waals surface area contributed by atoms with Crippen molar-refractivity contribution in [2.24, 2.45) is 0 Å². The normalized spacial score (nSPS) is 11.1. The van der Waals surface area contributed by atoms with E-state index in [9.17, 15) is 18.0 Å². The Morgan fingerprint density at radius 1 is 1.00 bits per heavy atom. The van der Waals surface area contributed by atoms with Gasteiger partial charge >= 0.3 is 5.97 Å². The van der Waals surface area contributed by atoms with Crippen LogP contribution in [0.4, 0.5) is 5.69 Å². The van der Waals surface area contributed by atoms with Gasteiger partial charge in [0.1, 0.15) is 0 Å². The molecule has 1 amide bonds. The van der Waals surface area contributed by atoms with Gasteiger partial charge in [-0.15, -0.1) is 0 Å². The number of benzene rings is 2. The van der Waals surface area contributed by atoms with Gasteiger partial charge in [0.05, 0.1) is 32.1 Å². The fourth-order valence-electron chi connectivity index (χ4n) is 2.03. The number of halogens is 3. The maximum atomic E-state index is 11.9. The quantitative estimate of drug-likeness (QED) is 0.677. The van der Waals surface area contributed by atoms with Gasteiger partial charge in [0.25, 0.3) is 5.91 Å². The van der Waals surface area contributed by atoms with Crippen molar-refractivity contribution >= 4 is 62.2 Å². The van der Waals surface area contributed by atoms with E-state index in [1.807, 2.05) is 0 Å². The third-order valence-electron chi connectivity index (χ3n) is 3.34. The number of carbonyl (C=O) groups excluding carboxylic acids is 2. The molecule has 10 heteroatoms. The van der Waals surface area contributed by atoms with Crippen LogP contribution in [-0.4, -0.2) is 33.2 Å². The molecule has 0 aliphatic heterocycles. The molecule has 144 valence electrons. The van der Waals surface area contributed by atoms with Crippen LogP contribution >= 0.6 is 34.8 Å². The SMILES string of the molecule is CS(=O)(=O)c1ccc(Cl)c(NC(=O)COC(=O)Cc2ccc(Cl)c(Cl)c2)c1. The molecule has 2 aromatic carbocycles. The Labute approximate surface area is 171 Å². The molecule has 1 N–H and O–H groups in total. The van der Waals surface area contributed by atoms with Crippen LogP contribution in [0.15, 0.2) is 41.3 Å². The molecule has 0 bridgehead atoms. The Kier molecular flexibility index (Phi) is 7.11. The smallest absolute Gasteiger partial charge is 0.310 e. The minimum absolute atomic E-state index is 0.00110. The summed E-state index contributed by atoms with van der Waals surface area (Å²) in [5.74, 6) is -1.30. The van der Waals surface area contributed by atoms with Gasteiger partial charge in [0, 0.05) is 6.26 Å². The maximum absolute atomic E-state index is 11.9. The second-order valence-electron chi connectivity index (χ2n) is 5.55. The number of esters is 1. The molecule has 0 fully saturated rings. The number of ether oxygens (including phenoxy) is 1. The van der Waals surface area contributed by atoms with Gasteiger partial charge < -0.3 is 10.1 Å². The Balaban J connectivity index is 1.94. The van der Waals surface area contributed by atoms with Gasteiger partial charge in [-0.2, -0.15) is 0 Å². The van der Waals surface area contributed by atoms with Gasteiger partial charge in [-0.05, 0) is 35.9 Å². The molecule has 0 aliphatic carbocycles. The van der Waals surface area contributed by atoms with Crippen molar-refractivity contribution in [1.29, 1.82) is 0 Å². The highest BCUT2D eigenvalue weighted by Gasteiger charge is 2.14. The molecule has 27 heavy (non-hydrogen) atoms. The Morgan fingerprint density at radius 2 is 1.67 bits per heavy atom. The standard InChI is InChI=1S/C17H14Cl3NO5S/c1-27(24,25)11-3-5-13(19)15(8-11)21-16(22)9-26-17(23)7-10-2-4-12(18)14(20)6-10/h2-6,8H,7,9H2,1H3,(H,21,22). The van der Waals surface area contributed by atoms with Crippen LogP contribution < -0.4 is 5.32 Å². The summed E-state index contributed by atoms with van der Waals surface area (Å²) in [6, 6.07) is 8.60. The zero-order valence-electron chi connectivity index (χ0n) is 14.0. The molecular formula is C17H14Cl3NO5S. The maximum Gasteiger partial charge on any atom is 0.310 e. The summed E-state index contributed by atoms with van der Waals surface area (Å²) in [5, 5.41) is 3.23. The predicted molar refractivity (Wildman–Crippen MR) is 104 cm³/mol. The van der Waals surface area contributed by atoms with Gasteiger partial charge in [-0.3, -0.25) is 9.59 Å². The number of hydrogen-bond acceptors (Lipinski definition) is 5. The second kappa shape index (κ2) is 8.93. The molecule has 0 heterocycles. The van der Waals surface area contributed by atoms with Crippen LogP contribution in [0.1, 0.15) is 5.56 Å². The zero-order valence-corrected chi connectivity index (χ0v) is 17.0. The number of carbonyl (C=O) groups is 2. The predicted octanol–water partition coefficient (Wildman–Crippen LogP) is 3.77. The molecule has 2 rings (SSSR count). The van der Waals surface area contributed by atoms with Crippen molar-refractivity contribution in [1.82, 2.24) is 0 Å². The molecule has 0 saturated heterocycles. The van der Waals surface area contributed by atoms with E-state index in [4.69, 9.17) is 39.5 Å². The second-order valence-corrected chi connectivity index (χ2v) is 8.79. The Morgan fingerprint density at radius 3 is 2.30 bits per heavy atom. The number of nitrogens with one attached hydrogen (secondary N) is 1. The lowest BCUT2D eigenvalue weighted by molar-refractivity contribution is -0.146. The van der Waals surface area contributed by atoms with Crippen LogP contribution in [0.3, 0.4) is 0 Å². The van der Waals surface area contributed by atoms with Crippen LogP contribution in [0, 0.1) is 0 Å². The lowest BCUT2D eigenvalue weighted by Crippen LogP contribution is -2.22. The molecule has 2 aromatic rings. The summed E-state index contributed by atoms with van der Waals surface area (Å²) in [6.07, 6.45) is 0.946. The first-order valence-electron chi connectivity index (χ1n) is 7.45. The minimum atomic E-state index is -3.46. The first-order chi connectivity index (χ1) is 12.6. The molecule has 0 spiro atoms. The van der Waals surface area contributed by atoms with E-state index in [-0.39, 0.29) is 22.0 Å². The molecule has 0 saturated carbocycles. The molecular weight excluding hydrogens is 437 g/mol. The fourth-order valence-corrected chi connectivity index (χ4v) is 3.16. The van der Waals surface area contributed by atoms with Crippen molar-refractivity contribution in [2.45, 2.75) is 11.3 Å². The van der Waals surface area contributed by atoms with E-state index in [0.717, 1.165) is 6.26 Å². The Bertz CT molecular complexity index is 992. The van der Waals surface area contributed by atoms with Gasteiger partial charge in [0.15, 0.2) is 16.4 Å². The van der Waals surface area contributed by atoms with E-state index >= 15 is 0 Å². The molecule has 6 nitrogen and oxygen atoms in total. The minimum Gasteiger partial charge on any atom is -0.455 e. The summed E-state index contributed by atoms with van der Waals surface area (Å²) in [7, 11) is -3.46. The largest absolute Gasteiger partial charge is 0.455 e. The lowest BCUT2D eigenvalue weighted by Gasteiger charge is -2.10. The van der Waals surface area contributed by atoms with E-state index in [1.54, 1.807) is 12.1 Å². The molecule has 0 unspecified atom stereocenters. The van der Waals surface area contributed by atoms with E-state index < -0.39 is 28.3 Å². The van der Waals surface area contributed by atoms with Crippen LogP contribution in [-0.2, 0) is 30.6 Å². The summed E-state index contributed by atoms with van der Waals surface area (Å²) in [5.41, 5.74) is 0.684. The van der Waals surface area contributed by atoms with Crippen LogP contribution in [0.25, 0.3) is 0 Å². The number of rotatable bonds is 6. The summed E-state index contributed by atoms with van der Waals surface area (Å²) in [4.78, 5) is 23.8. The van der Waals surface area contributed by atoms with Crippen molar-refractivity contribution in [3.05, 3.63) is 57.0 Å². The highest BCUT2D eigenvalue weighted by molar-refractivity contribution is 7.90. The van der Waals surface area contributed by atoms with Crippen molar-refractivity contribution in [2.75, 3.05) is 18.2 Å². The van der Waals surface area contributed by atoms with Crippen LogP contribution in [0.2, 0.25) is 15.1 Å². The Hall–Kier alpha value is -1.80. The highest BCUT2D eigenvalue weighted by Crippen LogP contribution is 2.25.